The molecule has 0 aromatic rings. The number of allylic oxidation sites excluding steroid dienone is 5. The van der Waals surface area contributed by atoms with E-state index in [1.54, 1.807) is 0 Å². The van der Waals surface area contributed by atoms with Crippen molar-refractivity contribution >= 4 is 0 Å². The van der Waals surface area contributed by atoms with Gasteiger partial charge in [0.15, 0.2) is 0 Å². The first-order chi connectivity index (χ1) is 6.85. The van der Waals surface area contributed by atoms with Crippen molar-refractivity contribution in [3.63, 3.8) is 0 Å². The highest BCUT2D eigenvalue weighted by Gasteiger charge is 1.97. The zero-order valence-corrected chi connectivity index (χ0v) is 9.71. The van der Waals surface area contributed by atoms with Gasteiger partial charge >= 0.3 is 0 Å². The van der Waals surface area contributed by atoms with Gasteiger partial charge in [0, 0.05) is 0 Å². The topological polar surface area (TPSA) is 0 Å². The lowest BCUT2D eigenvalue weighted by Crippen LogP contribution is -1.90. The van der Waals surface area contributed by atoms with Gasteiger partial charge in [0.05, 0.1) is 0 Å². The number of unbranched alkanes of at least 4 members (excludes halogenated alkanes) is 1. The van der Waals surface area contributed by atoms with Gasteiger partial charge in [-0.3, -0.25) is 0 Å². The van der Waals surface area contributed by atoms with Crippen molar-refractivity contribution in [2.45, 2.75) is 46.0 Å². The summed E-state index contributed by atoms with van der Waals surface area (Å²) in [5, 5.41) is 0. The van der Waals surface area contributed by atoms with Gasteiger partial charge in [-0.1, -0.05) is 50.6 Å². The Hall–Kier alpha value is -0.780. The third-order valence-electron chi connectivity index (χ3n) is 2.16. The van der Waals surface area contributed by atoms with Crippen molar-refractivity contribution in [1.29, 1.82) is 0 Å². The van der Waals surface area contributed by atoms with Crippen LogP contribution < -0.4 is 0 Å². The minimum atomic E-state index is 0.611. The van der Waals surface area contributed by atoms with Crippen LogP contribution in [0.25, 0.3) is 0 Å². The minimum Gasteiger partial charge on any atom is -0.103 e. The van der Waals surface area contributed by atoms with Crippen LogP contribution in [0.4, 0.5) is 0 Å². The highest BCUT2D eigenvalue weighted by atomic mass is 14.0. The van der Waals surface area contributed by atoms with E-state index in [1.807, 2.05) is 6.08 Å². The summed E-state index contributed by atoms with van der Waals surface area (Å²) >= 11 is 0. The van der Waals surface area contributed by atoms with E-state index in [-0.39, 0.29) is 0 Å². The molecule has 80 valence electrons. The fraction of sp³-hybridized carbons (Fsp3) is 0.571. The summed E-state index contributed by atoms with van der Waals surface area (Å²) < 4.78 is 0. The van der Waals surface area contributed by atoms with Crippen LogP contribution in [0, 0.1) is 5.92 Å². The van der Waals surface area contributed by atoms with E-state index in [0.29, 0.717) is 5.92 Å². The Balaban J connectivity index is 3.95. The smallest absolute Gasteiger partial charge is 0.00506 e. The molecule has 14 heavy (non-hydrogen) atoms. The molecule has 0 N–H and O–H groups in total. The van der Waals surface area contributed by atoms with Gasteiger partial charge in [0.1, 0.15) is 0 Å². The van der Waals surface area contributed by atoms with E-state index < -0.39 is 0 Å². The standard InChI is InChI=1S/C14H24/c1-4-7-10-13-14(11-8-5-2)12-9-6-3/h5,9-10,12-14H,2,4,6-8,11H2,1,3H3. The van der Waals surface area contributed by atoms with E-state index >= 15 is 0 Å². The Morgan fingerprint density at radius 3 is 2.36 bits per heavy atom. The molecule has 0 saturated carbocycles. The summed E-state index contributed by atoms with van der Waals surface area (Å²) in [6, 6.07) is 0. The van der Waals surface area contributed by atoms with E-state index in [4.69, 9.17) is 0 Å². The second-order valence-electron chi connectivity index (χ2n) is 3.58. The van der Waals surface area contributed by atoms with Crippen molar-refractivity contribution < 1.29 is 0 Å². The molecule has 0 rings (SSSR count). The molecule has 0 fully saturated rings. The van der Waals surface area contributed by atoms with Gasteiger partial charge in [-0.25, -0.2) is 0 Å². The van der Waals surface area contributed by atoms with Gasteiger partial charge in [-0.05, 0) is 31.6 Å². The van der Waals surface area contributed by atoms with Gasteiger partial charge < -0.3 is 0 Å². The molecule has 0 spiro atoms. The Morgan fingerprint density at radius 2 is 1.79 bits per heavy atom. The lowest BCUT2D eigenvalue weighted by Gasteiger charge is -2.05. The van der Waals surface area contributed by atoms with Crippen molar-refractivity contribution in [3.8, 4) is 0 Å². The van der Waals surface area contributed by atoms with Gasteiger partial charge in [0.2, 0.25) is 0 Å². The molecule has 0 aromatic carbocycles. The first-order valence-electron chi connectivity index (χ1n) is 5.79. The number of hydrogen-bond acceptors (Lipinski definition) is 0. The van der Waals surface area contributed by atoms with Crippen LogP contribution in [0.3, 0.4) is 0 Å². The summed E-state index contributed by atoms with van der Waals surface area (Å²) in [5.41, 5.74) is 0. The molecule has 0 bridgehead atoms. The van der Waals surface area contributed by atoms with Crippen LogP contribution >= 0.6 is 0 Å². The largest absolute Gasteiger partial charge is 0.103 e. The predicted molar refractivity (Wildman–Crippen MR) is 66.4 cm³/mol. The SMILES string of the molecule is C=CCCC(C=CCC)C=CCCC. The fourth-order valence-corrected chi connectivity index (χ4v) is 1.32. The summed E-state index contributed by atoms with van der Waals surface area (Å²) in [5.74, 6) is 0.611. The molecule has 0 amide bonds. The lowest BCUT2D eigenvalue weighted by atomic mass is 10.0. The Morgan fingerprint density at radius 1 is 1.07 bits per heavy atom. The van der Waals surface area contributed by atoms with Crippen molar-refractivity contribution in [3.05, 3.63) is 37.0 Å². The third kappa shape index (κ3) is 7.85. The molecule has 0 radical (unpaired) electrons. The summed E-state index contributed by atoms with van der Waals surface area (Å²) in [6.45, 7) is 8.15. The normalized spacial score (nSPS) is 13.9. The molecule has 0 nitrogen and oxygen atoms in total. The second kappa shape index (κ2) is 10.3. The maximum absolute atomic E-state index is 3.76. The maximum atomic E-state index is 3.76. The van der Waals surface area contributed by atoms with Crippen LogP contribution in [0.2, 0.25) is 0 Å². The lowest BCUT2D eigenvalue weighted by molar-refractivity contribution is 0.716. The van der Waals surface area contributed by atoms with Crippen LogP contribution in [-0.2, 0) is 0 Å². The van der Waals surface area contributed by atoms with Gasteiger partial charge in [-0.2, -0.15) is 0 Å². The fourth-order valence-electron chi connectivity index (χ4n) is 1.32. The zero-order valence-electron chi connectivity index (χ0n) is 9.71. The Kier molecular flexibility index (Phi) is 9.73. The van der Waals surface area contributed by atoms with Crippen molar-refractivity contribution in [1.82, 2.24) is 0 Å². The summed E-state index contributed by atoms with van der Waals surface area (Å²) in [6.07, 6.45) is 17.1. The Bertz CT molecular complexity index is 174. The van der Waals surface area contributed by atoms with Crippen molar-refractivity contribution in [2.24, 2.45) is 5.92 Å². The van der Waals surface area contributed by atoms with E-state index in [9.17, 15) is 0 Å². The van der Waals surface area contributed by atoms with Crippen LogP contribution in [0.5, 0.6) is 0 Å². The van der Waals surface area contributed by atoms with E-state index in [0.717, 1.165) is 12.8 Å². The third-order valence-corrected chi connectivity index (χ3v) is 2.16. The highest BCUT2D eigenvalue weighted by molar-refractivity contribution is 5.00. The van der Waals surface area contributed by atoms with Gasteiger partial charge in [-0.15, -0.1) is 6.58 Å². The summed E-state index contributed by atoms with van der Waals surface area (Å²) in [7, 11) is 0. The zero-order chi connectivity index (χ0) is 10.6. The first kappa shape index (κ1) is 13.2. The molecule has 0 heterocycles. The molecule has 1 unspecified atom stereocenters. The molecule has 0 aliphatic heterocycles. The predicted octanol–water partition coefficient (Wildman–Crippen LogP) is 4.89. The minimum absolute atomic E-state index is 0.611. The van der Waals surface area contributed by atoms with Crippen LogP contribution in [0.15, 0.2) is 37.0 Å². The summed E-state index contributed by atoms with van der Waals surface area (Å²) in [4.78, 5) is 0. The molecule has 0 heteroatoms. The molecule has 0 aliphatic rings. The molecule has 0 saturated heterocycles. The molecule has 1 atom stereocenters. The molecular formula is C14H24. The van der Waals surface area contributed by atoms with Crippen LogP contribution in [-0.4, -0.2) is 0 Å². The quantitative estimate of drug-likeness (QED) is 0.480. The van der Waals surface area contributed by atoms with E-state index in [2.05, 4.69) is 44.7 Å². The highest BCUT2D eigenvalue weighted by Crippen LogP contribution is 2.11. The van der Waals surface area contributed by atoms with E-state index in [1.165, 1.54) is 19.3 Å². The Labute approximate surface area is 89.4 Å². The first-order valence-corrected chi connectivity index (χ1v) is 5.79. The number of hydrogen-bond donors (Lipinski definition) is 0. The maximum Gasteiger partial charge on any atom is -0.00506 e. The average Bonchev–Trinajstić information content (AvgIpc) is 2.21. The molecular weight excluding hydrogens is 168 g/mol. The monoisotopic (exact) mass is 192 g/mol. The number of rotatable bonds is 8. The second-order valence-corrected chi connectivity index (χ2v) is 3.58. The molecule has 0 aliphatic carbocycles. The van der Waals surface area contributed by atoms with Crippen molar-refractivity contribution in [2.75, 3.05) is 0 Å². The van der Waals surface area contributed by atoms with Crippen LogP contribution in [0.1, 0.15) is 46.0 Å². The van der Waals surface area contributed by atoms with Gasteiger partial charge in [0.25, 0.3) is 0 Å². The molecule has 0 aromatic heterocycles. The average molecular weight is 192 g/mol.